The summed E-state index contributed by atoms with van der Waals surface area (Å²) in [6.07, 6.45) is 1.69. The van der Waals surface area contributed by atoms with Crippen LogP contribution in [0.1, 0.15) is 5.56 Å². The highest BCUT2D eigenvalue weighted by molar-refractivity contribution is 9.10. The van der Waals surface area contributed by atoms with Crippen molar-refractivity contribution in [2.75, 3.05) is 5.73 Å². The normalized spacial score (nSPS) is 11.2. The van der Waals surface area contributed by atoms with Crippen LogP contribution in [0.2, 0.25) is 10.0 Å². The largest absolute Gasteiger partial charge is 0.380 e. The van der Waals surface area contributed by atoms with Gasteiger partial charge in [0.15, 0.2) is 5.82 Å². The van der Waals surface area contributed by atoms with E-state index < -0.39 is 0 Å². The average molecular weight is 372 g/mol. The van der Waals surface area contributed by atoms with Gasteiger partial charge in [-0.05, 0) is 34.1 Å². The van der Waals surface area contributed by atoms with Gasteiger partial charge in [-0.2, -0.15) is 5.10 Å². The average Bonchev–Trinajstić information content (AvgIpc) is 2.70. The van der Waals surface area contributed by atoms with Gasteiger partial charge in [-0.1, -0.05) is 29.3 Å². The number of fused-ring (bicyclic) bond motifs is 1. The Labute approximate surface area is 133 Å². The molecule has 20 heavy (non-hydrogen) atoms. The summed E-state index contributed by atoms with van der Waals surface area (Å²) in [5.41, 5.74) is 8.18. The van der Waals surface area contributed by atoms with Gasteiger partial charge in [0.1, 0.15) is 5.52 Å². The Morgan fingerprint density at radius 3 is 2.65 bits per heavy atom. The minimum atomic E-state index is 0.385. The van der Waals surface area contributed by atoms with Gasteiger partial charge in [-0.25, -0.2) is 4.98 Å². The molecular weight excluding hydrogens is 363 g/mol. The van der Waals surface area contributed by atoms with Crippen LogP contribution < -0.4 is 5.73 Å². The van der Waals surface area contributed by atoms with Crippen molar-refractivity contribution in [3.05, 3.63) is 50.5 Å². The molecule has 102 valence electrons. The second-order valence-corrected chi connectivity index (χ2v) is 5.99. The number of pyridine rings is 1. The van der Waals surface area contributed by atoms with E-state index in [2.05, 4.69) is 26.0 Å². The third kappa shape index (κ3) is 2.37. The van der Waals surface area contributed by atoms with Crippen LogP contribution >= 0.6 is 39.1 Å². The molecule has 0 aliphatic rings. The topological polar surface area (TPSA) is 56.7 Å². The molecule has 1 aromatic carbocycles. The molecule has 0 atom stereocenters. The quantitative estimate of drug-likeness (QED) is 0.736. The Morgan fingerprint density at radius 1 is 1.25 bits per heavy atom. The van der Waals surface area contributed by atoms with Crippen molar-refractivity contribution in [1.82, 2.24) is 14.8 Å². The lowest BCUT2D eigenvalue weighted by Crippen LogP contribution is -2.03. The number of anilines is 1. The fraction of sp³-hybridized carbons (Fsp3) is 0.0769. The molecule has 0 saturated carbocycles. The number of rotatable bonds is 2. The Bertz CT molecular complexity index is 780. The number of nitrogens with zero attached hydrogens (tertiary/aromatic N) is 3. The first-order chi connectivity index (χ1) is 9.56. The van der Waals surface area contributed by atoms with Crippen molar-refractivity contribution >= 4 is 56.0 Å². The van der Waals surface area contributed by atoms with Crippen LogP contribution in [-0.2, 0) is 6.54 Å². The van der Waals surface area contributed by atoms with Crippen LogP contribution in [-0.4, -0.2) is 14.8 Å². The first-order valence-corrected chi connectivity index (χ1v) is 7.31. The number of nitrogen functional groups attached to an aromatic ring is 1. The van der Waals surface area contributed by atoms with E-state index in [9.17, 15) is 0 Å². The lowest BCUT2D eigenvalue weighted by molar-refractivity contribution is 0.716. The summed E-state index contributed by atoms with van der Waals surface area (Å²) in [5.74, 6) is 0.385. The standard InChI is InChI=1S/C13H9BrCl2N4/c14-7-4-11-12(18-5-7)13(17)19-20(11)6-8-9(15)2-1-3-10(8)16/h1-5H,6H2,(H2,17,19). The minimum Gasteiger partial charge on any atom is -0.380 e. The second-order valence-electron chi connectivity index (χ2n) is 4.26. The van der Waals surface area contributed by atoms with Crippen LogP contribution in [0.3, 0.4) is 0 Å². The van der Waals surface area contributed by atoms with Gasteiger partial charge < -0.3 is 5.73 Å². The van der Waals surface area contributed by atoms with E-state index in [1.54, 1.807) is 23.0 Å². The summed E-state index contributed by atoms with van der Waals surface area (Å²) in [4.78, 5) is 4.27. The molecule has 2 aromatic heterocycles. The number of aromatic nitrogens is 3. The van der Waals surface area contributed by atoms with E-state index in [0.717, 1.165) is 15.6 Å². The SMILES string of the molecule is Nc1nn(Cc2c(Cl)cccc2Cl)c2cc(Br)cnc12. The van der Waals surface area contributed by atoms with E-state index >= 15 is 0 Å². The van der Waals surface area contributed by atoms with Crippen LogP contribution in [0, 0.1) is 0 Å². The number of hydrogen-bond donors (Lipinski definition) is 1. The van der Waals surface area contributed by atoms with Crippen LogP contribution in [0.4, 0.5) is 5.82 Å². The minimum absolute atomic E-state index is 0.385. The molecule has 0 fully saturated rings. The third-order valence-corrected chi connectivity index (χ3v) is 4.09. The smallest absolute Gasteiger partial charge is 0.172 e. The van der Waals surface area contributed by atoms with Gasteiger partial charge in [0.05, 0.1) is 12.1 Å². The number of halogens is 3. The highest BCUT2D eigenvalue weighted by Crippen LogP contribution is 2.28. The number of hydrogen-bond acceptors (Lipinski definition) is 3. The van der Waals surface area contributed by atoms with E-state index in [4.69, 9.17) is 28.9 Å². The zero-order valence-corrected chi connectivity index (χ0v) is 13.2. The maximum absolute atomic E-state index is 6.19. The fourth-order valence-electron chi connectivity index (χ4n) is 2.01. The van der Waals surface area contributed by atoms with Crippen molar-refractivity contribution in [2.45, 2.75) is 6.54 Å². The molecule has 0 amide bonds. The third-order valence-electron chi connectivity index (χ3n) is 2.95. The molecular formula is C13H9BrCl2N4. The first-order valence-electron chi connectivity index (χ1n) is 5.76. The predicted octanol–water partition coefficient (Wildman–Crippen LogP) is 4.13. The second kappa shape index (κ2) is 5.24. The predicted molar refractivity (Wildman–Crippen MR) is 85.2 cm³/mol. The lowest BCUT2D eigenvalue weighted by Gasteiger charge is -2.08. The van der Waals surface area contributed by atoms with Gasteiger partial charge in [0, 0.05) is 26.3 Å². The molecule has 0 bridgehead atoms. The molecule has 0 saturated heterocycles. The Kier molecular flexibility index (Phi) is 3.58. The molecule has 0 unspecified atom stereocenters. The van der Waals surface area contributed by atoms with Gasteiger partial charge in [0.2, 0.25) is 0 Å². The number of benzene rings is 1. The van der Waals surface area contributed by atoms with E-state index in [-0.39, 0.29) is 0 Å². The van der Waals surface area contributed by atoms with Crippen molar-refractivity contribution in [1.29, 1.82) is 0 Å². The van der Waals surface area contributed by atoms with Crippen LogP contribution in [0.5, 0.6) is 0 Å². The summed E-state index contributed by atoms with van der Waals surface area (Å²) in [5, 5.41) is 5.50. The molecule has 0 spiro atoms. The summed E-state index contributed by atoms with van der Waals surface area (Å²) in [6.45, 7) is 0.435. The van der Waals surface area contributed by atoms with Crippen molar-refractivity contribution in [3.63, 3.8) is 0 Å². The Hall–Kier alpha value is -1.30. The summed E-state index contributed by atoms with van der Waals surface area (Å²) in [6, 6.07) is 7.32. The van der Waals surface area contributed by atoms with Crippen molar-refractivity contribution < 1.29 is 0 Å². The van der Waals surface area contributed by atoms with Crippen molar-refractivity contribution in [2.24, 2.45) is 0 Å². The summed E-state index contributed by atoms with van der Waals surface area (Å²) in [7, 11) is 0. The number of nitrogens with two attached hydrogens (primary N) is 1. The Balaban J connectivity index is 2.14. The molecule has 3 aromatic rings. The molecule has 7 heteroatoms. The van der Waals surface area contributed by atoms with Gasteiger partial charge in [-0.3, -0.25) is 4.68 Å². The maximum atomic E-state index is 6.19. The molecule has 0 aliphatic carbocycles. The van der Waals surface area contributed by atoms with E-state index in [0.29, 0.717) is 27.9 Å². The summed E-state index contributed by atoms with van der Waals surface area (Å²) < 4.78 is 2.60. The molecule has 2 N–H and O–H groups in total. The first kappa shape index (κ1) is 13.7. The molecule has 3 rings (SSSR count). The fourth-order valence-corrected chi connectivity index (χ4v) is 2.84. The van der Waals surface area contributed by atoms with Crippen LogP contribution in [0.25, 0.3) is 11.0 Å². The lowest BCUT2D eigenvalue weighted by atomic mass is 10.2. The molecule has 2 heterocycles. The molecule has 4 nitrogen and oxygen atoms in total. The van der Waals surface area contributed by atoms with Gasteiger partial charge >= 0.3 is 0 Å². The maximum Gasteiger partial charge on any atom is 0.172 e. The van der Waals surface area contributed by atoms with Gasteiger partial charge in [-0.15, -0.1) is 0 Å². The highest BCUT2D eigenvalue weighted by atomic mass is 79.9. The van der Waals surface area contributed by atoms with E-state index in [1.807, 2.05) is 12.1 Å². The zero-order chi connectivity index (χ0) is 14.3. The summed E-state index contributed by atoms with van der Waals surface area (Å²) >= 11 is 15.8. The van der Waals surface area contributed by atoms with E-state index in [1.165, 1.54) is 0 Å². The Morgan fingerprint density at radius 2 is 1.95 bits per heavy atom. The van der Waals surface area contributed by atoms with Crippen molar-refractivity contribution in [3.8, 4) is 0 Å². The monoisotopic (exact) mass is 370 g/mol. The molecule has 0 aliphatic heterocycles. The van der Waals surface area contributed by atoms with Crippen LogP contribution in [0.15, 0.2) is 34.9 Å². The zero-order valence-electron chi connectivity index (χ0n) is 10.1. The molecule has 0 radical (unpaired) electrons. The highest BCUT2D eigenvalue weighted by Gasteiger charge is 2.13. The van der Waals surface area contributed by atoms with Gasteiger partial charge in [0.25, 0.3) is 0 Å².